The van der Waals surface area contributed by atoms with Crippen LogP contribution in [-0.2, 0) is 19.2 Å². The highest BCUT2D eigenvalue weighted by Crippen LogP contribution is 2.58. The molecule has 0 heterocycles. The van der Waals surface area contributed by atoms with Gasteiger partial charge in [-0.15, -0.1) is 0 Å². The van der Waals surface area contributed by atoms with Crippen LogP contribution in [0.15, 0.2) is 29.2 Å². The quantitative estimate of drug-likeness (QED) is 0.440. The number of hydrogen-bond donors (Lipinski definition) is 4. The molecule has 0 saturated heterocycles. The van der Waals surface area contributed by atoms with Gasteiger partial charge in [-0.3, -0.25) is 4.57 Å². The molecule has 0 amide bonds. The van der Waals surface area contributed by atoms with Gasteiger partial charge < -0.3 is 19.2 Å². The van der Waals surface area contributed by atoms with Gasteiger partial charge in [0.15, 0.2) is 12.8 Å². The summed E-state index contributed by atoms with van der Waals surface area (Å²) in [6.07, 6.45) is 0. The van der Waals surface area contributed by atoms with Crippen molar-refractivity contribution >= 4 is 32.4 Å². The zero-order chi connectivity index (χ0) is 15.8. The van der Waals surface area contributed by atoms with Gasteiger partial charge in [-0.25, -0.2) is 8.42 Å². The molecule has 8 nitrogen and oxygen atoms in total. The van der Waals surface area contributed by atoms with E-state index in [1.807, 2.05) is 0 Å². The van der Waals surface area contributed by atoms with Crippen molar-refractivity contribution in [2.45, 2.75) is 17.3 Å². The molecule has 2 unspecified atom stereocenters. The number of rotatable bonds is 5. The monoisotopic (exact) mass is 339 g/mol. The van der Waals surface area contributed by atoms with Gasteiger partial charge in [-0.2, -0.15) is 4.72 Å². The summed E-state index contributed by atoms with van der Waals surface area (Å²) in [5.74, 6) is 0. The Labute approximate surface area is 117 Å². The molecule has 0 aromatic heterocycles. The number of benzene rings is 1. The van der Waals surface area contributed by atoms with E-state index in [0.717, 1.165) is 5.56 Å². The van der Waals surface area contributed by atoms with Crippen LogP contribution < -0.4 is 4.72 Å². The molecule has 12 heteroatoms. The van der Waals surface area contributed by atoms with E-state index >= 15 is 0 Å². The topological polar surface area (TPSA) is 141 Å². The highest BCUT2D eigenvalue weighted by Gasteiger charge is 2.43. The SMILES string of the molecule is [B]P(=O)(O)C(NS(=O)(=O)c1ccc(C)cc1)P(=O)(O)O. The zero-order valence-electron chi connectivity index (χ0n) is 10.2. The summed E-state index contributed by atoms with van der Waals surface area (Å²) in [6, 6.07) is 5.30. The van der Waals surface area contributed by atoms with Crippen molar-refractivity contribution in [3.8, 4) is 0 Å². The van der Waals surface area contributed by atoms with Crippen LogP contribution >= 0.6 is 14.8 Å². The van der Waals surface area contributed by atoms with Crippen molar-refractivity contribution in [3.63, 3.8) is 0 Å². The largest absolute Gasteiger partial charge is 0.352 e. The summed E-state index contributed by atoms with van der Waals surface area (Å²) in [5, 5.41) is 0. The second kappa shape index (κ2) is 5.73. The summed E-state index contributed by atoms with van der Waals surface area (Å²) in [6.45, 7) is 1.71. The molecule has 0 spiro atoms. The molecule has 0 fully saturated rings. The highest BCUT2D eigenvalue weighted by molar-refractivity contribution is 7.94. The Bertz CT molecular complexity index is 655. The lowest BCUT2D eigenvalue weighted by Gasteiger charge is -2.22. The minimum atomic E-state index is -5.25. The first-order valence-corrected chi connectivity index (χ1v) is 10.1. The maximum Gasteiger partial charge on any atom is 0.352 e. The Morgan fingerprint density at radius 1 is 1.15 bits per heavy atom. The fraction of sp³-hybridized carbons (Fsp3) is 0.250. The molecule has 0 aliphatic carbocycles. The van der Waals surface area contributed by atoms with Crippen molar-refractivity contribution in [2.24, 2.45) is 0 Å². The van der Waals surface area contributed by atoms with E-state index in [-0.39, 0.29) is 4.90 Å². The van der Waals surface area contributed by atoms with Crippen molar-refractivity contribution in [1.29, 1.82) is 0 Å². The van der Waals surface area contributed by atoms with E-state index in [0.29, 0.717) is 0 Å². The van der Waals surface area contributed by atoms with Crippen LogP contribution in [0, 0.1) is 6.92 Å². The predicted octanol–water partition coefficient (Wildman–Crippen LogP) is 0.0885. The smallest absolute Gasteiger partial charge is 0.351 e. The summed E-state index contributed by atoms with van der Waals surface area (Å²) in [7, 11) is -9.76. The average Bonchev–Trinajstić information content (AvgIpc) is 2.23. The first-order chi connectivity index (χ1) is 8.84. The predicted molar refractivity (Wildman–Crippen MR) is 72.9 cm³/mol. The van der Waals surface area contributed by atoms with Gasteiger partial charge in [0, 0.05) is 0 Å². The number of hydrogen-bond acceptors (Lipinski definition) is 4. The fourth-order valence-electron chi connectivity index (χ4n) is 1.28. The molecule has 0 aliphatic heterocycles. The lowest BCUT2D eigenvalue weighted by molar-refractivity contribution is 0.361. The van der Waals surface area contributed by atoms with E-state index in [4.69, 9.17) is 22.2 Å². The van der Waals surface area contributed by atoms with Gasteiger partial charge in [-0.1, -0.05) is 17.7 Å². The van der Waals surface area contributed by atoms with Crippen LogP contribution in [0.5, 0.6) is 0 Å². The fourth-order valence-corrected chi connectivity index (χ4v) is 5.90. The molecule has 110 valence electrons. The van der Waals surface area contributed by atoms with E-state index in [1.165, 1.54) is 29.0 Å². The Morgan fingerprint density at radius 2 is 1.60 bits per heavy atom. The Hall–Kier alpha value is -0.465. The number of aryl methyl sites for hydroxylation is 1. The van der Waals surface area contributed by atoms with E-state index in [9.17, 15) is 17.5 Å². The highest BCUT2D eigenvalue weighted by atomic mass is 32.2. The summed E-state index contributed by atoms with van der Waals surface area (Å²) in [5.41, 5.74) is -1.83. The van der Waals surface area contributed by atoms with Crippen molar-refractivity contribution < 1.29 is 32.2 Å². The van der Waals surface area contributed by atoms with E-state index < -0.39 is 30.4 Å². The molecule has 1 aromatic carbocycles. The molecule has 0 bridgehead atoms. The minimum absolute atomic E-state index is 0.310. The van der Waals surface area contributed by atoms with Gasteiger partial charge in [0.05, 0.1) is 4.90 Å². The Kier molecular flexibility index (Phi) is 5.04. The first kappa shape index (κ1) is 17.6. The molecule has 20 heavy (non-hydrogen) atoms. The standard InChI is InChI=1S/C8H12BNO7P2S/c1-6-2-4-7(5-3-6)20(16,17)10-8(18(9,11)12)19(13,14)15/h2-5,8,10H,1H3,(H,11,12)(H2,13,14,15). The van der Waals surface area contributed by atoms with Crippen LogP contribution in [0.2, 0.25) is 0 Å². The van der Waals surface area contributed by atoms with Crippen molar-refractivity contribution in [1.82, 2.24) is 4.72 Å². The zero-order valence-corrected chi connectivity index (χ0v) is 12.8. The van der Waals surface area contributed by atoms with Gasteiger partial charge >= 0.3 is 7.60 Å². The summed E-state index contributed by atoms with van der Waals surface area (Å²) in [4.78, 5) is 26.7. The van der Waals surface area contributed by atoms with Gasteiger partial charge in [0.25, 0.3) is 0 Å². The molecule has 0 aliphatic rings. The normalized spacial score (nSPS) is 17.4. The van der Waals surface area contributed by atoms with Crippen molar-refractivity contribution in [3.05, 3.63) is 29.8 Å². The molecule has 0 saturated carbocycles. The number of sulfonamides is 1. The molecular weight excluding hydrogens is 327 g/mol. The molecule has 1 aromatic rings. The van der Waals surface area contributed by atoms with Crippen LogP contribution in [0.25, 0.3) is 0 Å². The molecule has 4 N–H and O–H groups in total. The summed E-state index contributed by atoms with van der Waals surface area (Å²) < 4.78 is 47.6. The van der Waals surface area contributed by atoms with Crippen LogP contribution in [0.1, 0.15) is 5.56 Å². The maximum absolute atomic E-state index is 11.9. The molecule has 1 rings (SSSR count). The van der Waals surface area contributed by atoms with Gasteiger partial charge in [0.2, 0.25) is 17.6 Å². The second-order valence-electron chi connectivity index (χ2n) is 4.07. The average molecular weight is 339 g/mol. The van der Waals surface area contributed by atoms with E-state index in [1.54, 1.807) is 6.92 Å². The molecule has 2 atom stereocenters. The minimum Gasteiger partial charge on any atom is -0.351 e. The first-order valence-electron chi connectivity index (χ1n) is 5.09. The lowest BCUT2D eigenvalue weighted by Crippen LogP contribution is -2.34. The van der Waals surface area contributed by atoms with Gasteiger partial charge in [0.1, 0.15) is 0 Å². The van der Waals surface area contributed by atoms with Gasteiger partial charge in [-0.05, 0) is 19.1 Å². The van der Waals surface area contributed by atoms with E-state index in [2.05, 4.69) is 0 Å². The molecular formula is C8H12BNO7P2S. The third-order valence-electron chi connectivity index (χ3n) is 2.26. The Morgan fingerprint density at radius 3 is 1.95 bits per heavy atom. The molecule has 2 radical (unpaired) electrons. The number of nitrogens with one attached hydrogen (secondary N) is 1. The summed E-state index contributed by atoms with van der Waals surface area (Å²) >= 11 is 0. The van der Waals surface area contributed by atoms with Crippen LogP contribution in [0.3, 0.4) is 0 Å². The Balaban J connectivity index is 3.20. The lowest BCUT2D eigenvalue weighted by atomic mass is 10.2. The van der Waals surface area contributed by atoms with Crippen LogP contribution in [-0.4, -0.2) is 36.2 Å². The maximum atomic E-state index is 11.9. The van der Waals surface area contributed by atoms with Crippen molar-refractivity contribution in [2.75, 3.05) is 0 Å². The third kappa shape index (κ3) is 4.53. The third-order valence-corrected chi connectivity index (χ3v) is 7.54. The second-order valence-corrected chi connectivity index (χ2v) is 9.75. The van der Waals surface area contributed by atoms with Crippen LogP contribution in [0.4, 0.5) is 0 Å².